The van der Waals surface area contributed by atoms with Crippen molar-refractivity contribution >= 4 is 6.29 Å². The largest absolute Gasteiger partial charge is 0.486 e. The van der Waals surface area contributed by atoms with Crippen LogP contribution in [0.5, 0.6) is 11.5 Å². The molecule has 0 fully saturated rings. The number of nitrogens with zero attached hydrogens (tertiary/aromatic N) is 2. The van der Waals surface area contributed by atoms with E-state index in [1.54, 1.807) is 0 Å². The quantitative estimate of drug-likeness (QED) is 0.773. The van der Waals surface area contributed by atoms with Crippen molar-refractivity contribution in [2.45, 2.75) is 6.92 Å². The van der Waals surface area contributed by atoms with Crippen molar-refractivity contribution in [2.24, 2.45) is 7.05 Å². The summed E-state index contributed by atoms with van der Waals surface area (Å²) in [4.78, 5) is 15.4. The summed E-state index contributed by atoms with van der Waals surface area (Å²) in [5, 5.41) is 0. The molecule has 5 heteroatoms. The van der Waals surface area contributed by atoms with Gasteiger partial charge in [-0.15, -0.1) is 0 Å². The average Bonchev–Trinajstić information content (AvgIpc) is 2.74. The van der Waals surface area contributed by atoms with E-state index in [9.17, 15) is 4.79 Å². The fraction of sp³-hybridized carbons (Fsp3) is 0.286. The standard InChI is InChI=1S/C14H14N2O3/c1-9-15-11(8-17)14(16(9)2)10-3-4-12-13(7-10)19-6-5-18-12/h3-4,7-8H,5-6H2,1-2H3. The van der Waals surface area contributed by atoms with Gasteiger partial charge in [0, 0.05) is 12.6 Å². The number of hydrogen-bond acceptors (Lipinski definition) is 4. The normalized spacial score (nSPS) is 13.4. The van der Waals surface area contributed by atoms with E-state index in [0.717, 1.165) is 29.1 Å². The second-order valence-electron chi connectivity index (χ2n) is 4.43. The van der Waals surface area contributed by atoms with Gasteiger partial charge in [-0.2, -0.15) is 0 Å². The van der Waals surface area contributed by atoms with Crippen molar-refractivity contribution in [1.29, 1.82) is 0 Å². The van der Waals surface area contributed by atoms with E-state index in [1.807, 2.05) is 36.7 Å². The monoisotopic (exact) mass is 258 g/mol. The van der Waals surface area contributed by atoms with Crippen LogP contribution in [0.15, 0.2) is 18.2 Å². The van der Waals surface area contributed by atoms with Crippen molar-refractivity contribution in [3.05, 3.63) is 29.7 Å². The average molecular weight is 258 g/mol. The summed E-state index contributed by atoms with van der Waals surface area (Å²) in [7, 11) is 1.89. The molecular formula is C14H14N2O3. The Morgan fingerprint density at radius 1 is 1.26 bits per heavy atom. The molecule has 3 rings (SSSR count). The van der Waals surface area contributed by atoms with Gasteiger partial charge in [0.25, 0.3) is 0 Å². The van der Waals surface area contributed by atoms with E-state index in [-0.39, 0.29) is 0 Å². The maximum atomic E-state index is 11.1. The molecule has 98 valence electrons. The van der Waals surface area contributed by atoms with Crippen LogP contribution in [0.25, 0.3) is 11.3 Å². The van der Waals surface area contributed by atoms with E-state index in [2.05, 4.69) is 4.98 Å². The van der Waals surface area contributed by atoms with Crippen molar-refractivity contribution < 1.29 is 14.3 Å². The van der Waals surface area contributed by atoms with Gasteiger partial charge in [0.2, 0.25) is 0 Å². The van der Waals surface area contributed by atoms with Crippen LogP contribution in [-0.4, -0.2) is 29.1 Å². The molecule has 0 unspecified atom stereocenters. The Kier molecular flexibility index (Phi) is 2.74. The molecule has 19 heavy (non-hydrogen) atoms. The van der Waals surface area contributed by atoms with Crippen LogP contribution < -0.4 is 9.47 Å². The highest BCUT2D eigenvalue weighted by Crippen LogP contribution is 2.35. The van der Waals surface area contributed by atoms with E-state index in [1.165, 1.54) is 0 Å². The van der Waals surface area contributed by atoms with Gasteiger partial charge in [-0.05, 0) is 25.1 Å². The number of carbonyl (C=O) groups is 1. The van der Waals surface area contributed by atoms with Crippen molar-refractivity contribution in [2.75, 3.05) is 13.2 Å². The summed E-state index contributed by atoms with van der Waals surface area (Å²) < 4.78 is 13.0. The fourth-order valence-corrected chi connectivity index (χ4v) is 2.25. The molecule has 0 saturated heterocycles. The van der Waals surface area contributed by atoms with Crippen molar-refractivity contribution in [1.82, 2.24) is 9.55 Å². The summed E-state index contributed by atoms with van der Waals surface area (Å²) in [6, 6.07) is 5.66. The molecule has 0 amide bonds. The number of imidazole rings is 1. The van der Waals surface area contributed by atoms with Crippen LogP contribution in [0.2, 0.25) is 0 Å². The van der Waals surface area contributed by atoms with Gasteiger partial charge in [-0.3, -0.25) is 4.79 Å². The number of hydrogen-bond donors (Lipinski definition) is 0. The number of fused-ring (bicyclic) bond motifs is 1. The highest BCUT2D eigenvalue weighted by molar-refractivity contribution is 5.84. The molecule has 2 heterocycles. The molecule has 0 atom stereocenters. The Balaban J connectivity index is 2.14. The Bertz CT molecular complexity index is 646. The van der Waals surface area contributed by atoms with Gasteiger partial charge in [-0.1, -0.05) is 0 Å². The molecular weight excluding hydrogens is 244 g/mol. The van der Waals surface area contributed by atoms with Crippen molar-refractivity contribution in [3.8, 4) is 22.8 Å². The minimum atomic E-state index is 0.441. The van der Waals surface area contributed by atoms with E-state index in [4.69, 9.17) is 9.47 Å². The van der Waals surface area contributed by atoms with Crippen LogP contribution in [0.3, 0.4) is 0 Å². The molecule has 5 nitrogen and oxygen atoms in total. The van der Waals surface area contributed by atoms with Gasteiger partial charge >= 0.3 is 0 Å². The molecule has 2 aromatic rings. The van der Waals surface area contributed by atoms with Crippen LogP contribution in [0.1, 0.15) is 16.3 Å². The second-order valence-corrected chi connectivity index (χ2v) is 4.43. The molecule has 1 aromatic carbocycles. The number of aromatic nitrogens is 2. The summed E-state index contributed by atoms with van der Waals surface area (Å²) in [6.07, 6.45) is 0.777. The number of carbonyl (C=O) groups excluding carboxylic acids is 1. The number of rotatable bonds is 2. The van der Waals surface area contributed by atoms with Gasteiger partial charge in [0.15, 0.2) is 17.8 Å². The van der Waals surface area contributed by atoms with Gasteiger partial charge < -0.3 is 14.0 Å². The smallest absolute Gasteiger partial charge is 0.170 e. The molecule has 0 aliphatic carbocycles. The highest BCUT2D eigenvalue weighted by atomic mass is 16.6. The van der Waals surface area contributed by atoms with Crippen LogP contribution in [-0.2, 0) is 7.05 Å². The molecule has 0 saturated carbocycles. The minimum Gasteiger partial charge on any atom is -0.486 e. The van der Waals surface area contributed by atoms with Crippen molar-refractivity contribution in [3.63, 3.8) is 0 Å². The molecule has 1 aliphatic heterocycles. The highest BCUT2D eigenvalue weighted by Gasteiger charge is 2.17. The Labute approximate surface area is 110 Å². The first-order chi connectivity index (χ1) is 9.20. The predicted molar refractivity (Wildman–Crippen MR) is 69.8 cm³/mol. The number of aryl methyl sites for hydroxylation is 1. The minimum absolute atomic E-state index is 0.441. The fourth-order valence-electron chi connectivity index (χ4n) is 2.25. The summed E-state index contributed by atoms with van der Waals surface area (Å²) in [5.41, 5.74) is 2.13. The zero-order chi connectivity index (χ0) is 13.4. The van der Waals surface area contributed by atoms with E-state index < -0.39 is 0 Å². The Morgan fingerprint density at radius 2 is 2.00 bits per heavy atom. The zero-order valence-corrected chi connectivity index (χ0v) is 10.8. The third-order valence-corrected chi connectivity index (χ3v) is 3.27. The third-order valence-electron chi connectivity index (χ3n) is 3.27. The maximum Gasteiger partial charge on any atom is 0.170 e. The lowest BCUT2D eigenvalue weighted by atomic mass is 10.1. The maximum absolute atomic E-state index is 11.1. The van der Waals surface area contributed by atoms with Gasteiger partial charge in [-0.25, -0.2) is 4.98 Å². The molecule has 0 bridgehead atoms. The molecule has 1 aromatic heterocycles. The molecule has 0 radical (unpaired) electrons. The number of aldehydes is 1. The summed E-state index contributed by atoms with van der Waals surface area (Å²) >= 11 is 0. The SMILES string of the molecule is Cc1nc(C=O)c(-c2ccc3c(c2)OCCO3)n1C. The van der Waals surface area contributed by atoms with Crippen LogP contribution in [0.4, 0.5) is 0 Å². The first kappa shape index (κ1) is 11.8. The molecule has 1 aliphatic rings. The van der Waals surface area contributed by atoms with Gasteiger partial charge in [0.1, 0.15) is 24.7 Å². The zero-order valence-electron chi connectivity index (χ0n) is 10.8. The lowest BCUT2D eigenvalue weighted by molar-refractivity contribution is 0.112. The lowest BCUT2D eigenvalue weighted by Crippen LogP contribution is -2.15. The second kappa shape index (κ2) is 4.42. The number of benzene rings is 1. The third kappa shape index (κ3) is 1.87. The topological polar surface area (TPSA) is 53.4 Å². The Morgan fingerprint density at radius 3 is 2.74 bits per heavy atom. The summed E-state index contributed by atoms with van der Waals surface area (Å²) in [6.45, 7) is 2.98. The Hall–Kier alpha value is -2.30. The first-order valence-electron chi connectivity index (χ1n) is 6.09. The predicted octanol–water partition coefficient (Wildman–Crippen LogP) is 1.98. The van der Waals surface area contributed by atoms with Crippen LogP contribution >= 0.6 is 0 Å². The first-order valence-corrected chi connectivity index (χ1v) is 6.09. The van der Waals surface area contributed by atoms with Crippen LogP contribution in [0, 0.1) is 6.92 Å². The van der Waals surface area contributed by atoms with Gasteiger partial charge in [0.05, 0.1) is 5.69 Å². The summed E-state index contributed by atoms with van der Waals surface area (Å²) in [5.74, 6) is 2.24. The number of ether oxygens (including phenoxy) is 2. The molecule has 0 spiro atoms. The van der Waals surface area contributed by atoms with E-state index >= 15 is 0 Å². The lowest BCUT2D eigenvalue weighted by Gasteiger charge is -2.19. The molecule has 0 N–H and O–H groups in total. The van der Waals surface area contributed by atoms with E-state index in [0.29, 0.717) is 24.7 Å².